The minimum atomic E-state index is -0.837. The first kappa shape index (κ1) is 12.4. The van der Waals surface area contributed by atoms with Crippen LogP contribution in [0.1, 0.15) is 12.8 Å². The average molecular weight is 256 g/mol. The Kier molecular flexibility index (Phi) is 3.69. The summed E-state index contributed by atoms with van der Waals surface area (Å²) < 4.78 is 17.1. The third-order valence-corrected chi connectivity index (χ3v) is 4.30. The lowest BCUT2D eigenvalue weighted by Gasteiger charge is -2.32. The molecular formula is C12H13FO3S. The van der Waals surface area contributed by atoms with Crippen molar-refractivity contribution in [1.82, 2.24) is 0 Å². The molecule has 0 radical (unpaired) electrons. The van der Waals surface area contributed by atoms with Gasteiger partial charge in [-0.3, -0.25) is 4.79 Å². The van der Waals surface area contributed by atoms with E-state index < -0.39 is 10.7 Å². The first-order valence-electron chi connectivity index (χ1n) is 5.38. The Morgan fingerprint density at radius 2 is 1.88 bits per heavy atom. The number of thioether (sulfide) groups is 1. The van der Waals surface area contributed by atoms with E-state index in [2.05, 4.69) is 0 Å². The van der Waals surface area contributed by atoms with Crippen LogP contribution in [0.2, 0.25) is 0 Å². The van der Waals surface area contributed by atoms with E-state index in [0.717, 1.165) is 4.90 Å². The van der Waals surface area contributed by atoms with Crippen molar-refractivity contribution in [1.29, 1.82) is 0 Å². The molecule has 92 valence electrons. The second-order valence-corrected chi connectivity index (χ2v) is 5.42. The molecule has 0 aliphatic carbocycles. The zero-order chi connectivity index (χ0) is 12.3. The van der Waals surface area contributed by atoms with Gasteiger partial charge in [0.15, 0.2) is 0 Å². The van der Waals surface area contributed by atoms with Crippen LogP contribution in [0.15, 0.2) is 29.2 Å². The van der Waals surface area contributed by atoms with Gasteiger partial charge in [0, 0.05) is 18.1 Å². The molecule has 1 aromatic carbocycles. The summed E-state index contributed by atoms with van der Waals surface area (Å²) in [4.78, 5) is 12.2. The van der Waals surface area contributed by atoms with Crippen molar-refractivity contribution in [3.05, 3.63) is 30.1 Å². The number of benzene rings is 1. The van der Waals surface area contributed by atoms with E-state index in [-0.39, 0.29) is 5.82 Å². The SMILES string of the molecule is O=C(O)C1(Sc2ccc(F)cc2)CCOCC1. The predicted octanol–water partition coefficient (Wildman–Crippen LogP) is 2.55. The molecule has 0 aromatic heterocycles. The highest BCUT2D eigenvalue weighted by Gasteiger charge is 2.41. The van der Waals surface area contributed by atoms with Gasteiger partial charge in [0.2, 0.25) is 0 Å². The molecule has 1 saturated heterocycles. The first-order valence-corrected chi connectivity index (χ1v) is 6.20. The van der Waals surface area contributed by atoms with Crippen LogP contribution in [0.25, 0.3) is 0 Å². The third kappa shape index (κ3) is 2.79. The van der Waals surface area contributed by atoms with Gasteiger partial charge < -0.3 is 9.84 Å². The molecule has 0 bridgehead atoms. The van der Waals surface area contributed by atoms with Crippen LogP contribution < -0.4 is 0 Å². The van der Waals surface area contributed by atoms with Gasteiger partial charge in [-0.15, -0.1) is 11.8 Å². The fraction of sp³-hybridized carbons (Fsp3) is 0.417. The number of carboxylic acid groups (broad SMARTS) is 1. The van der Waals surface area contributed by atoms with E-state index in [1.165, 1.54) is 23.9 Å². The Morgan fingerprint density at radius 3 is 2.41 bits per heavy atom. The summed E-state index contributed by atoms with van der Waals surface area (Å²) in [5.74, 6) is -1.14. The van der Waals surface area contributed by atoms with Crippen LogP contribution in [0, 0.1) is 5.82 Å². The van der Waals surface area contributed by atoms with Crippen molar-refractivity contribution < 1.29 is 19.0 Å². The number of carbonyl (C=O) groups is 1. The minimum absolute atomic E-state index is 0.314. The minimum Gasteiger partial charge on any atom is -0.480 e. The van der Waals surface area contributed by atoms with Gasteiger partial charge >= 0.3 is 5.97 Å². The van der Waals surface area contributed by atoms with Crippen molar-refractivity contribution in [3.8, 4) is 0 Å². The molecule has 3 nitrogen and oxygen atoms in total. The first-order chi connectivity index (χ1) is 8.12. The molecule has 5 heteroatoms. The highest BCUT2D eigenvalue weighted by atomic mass is 32.2. The Balaban J connectivity index is 2.17. The summed E-state index contributed by atoms with van der Waals surface area (Å²) in [6.45, 7) is 0.918. The van der Waals surface area contributed by atoms with Crippen LogP contribution in [0.3, 0.4) is 0 Å². The fourth-order valence-corrected chi connectivity index (χ4v) is 2.97. The Bertz CT molecular complexity index is 399. The van der Waals surface area contributed by atoms with Crippen LogP contribution in [-0.2, 0) is 9.53 Å². The molecule has 0 unspecified atom stereocenters. The number of ether oxygens (including phenoxy) is 1. The maximum absolute atomic E-state index is 12.8. The van der Waals surface area contributed by atoms with Crippen molar-refractivity contribution >= 4 is 17.7 Å². The van der Waals surface area contributed by atoms with E-state index in [0.29, 0.717) is 26.1 Å². The zero-order valence-corrected chi connectivity index (χ0v) is 10.0. The number of carboxylic acids is 1. The molecular weight excluding hydrogens is 243 g/mol. The zero-order valence-electron chi connectivity index (χ0n) is 9.19. The lowest BCUT2D eigenvalue weighted by Crippen LogP contribution is -2.40. The number of hydrogen-bond acceptors (Lipinski definition) is 3. The standard InChI is InChI=1S/C12H13FO3S/c13-9-1-3-10(4-2-9)17-12(11(14)15)5-7-16-8-6-12/h1-4H,5-8H2,(H,14,15). The lowest BCUT2D eigenvalue weighted by atomic mass is 9.99. The fourth-order valence-electron chi connectivity index (χ4n) is 1.79. The highest BCUT2D eigenvalue weighted by Crippen LogP contribution is 2.40. The summed E-state index contributed by atoms with van der Waals surface area (Å²) in [5.41, 5.74) is 0. The van der Waals surface area contributed by atoms with Crippen LogP contribution >= 0.6 is 11.8 Å². The van der Waals surface area contributed by atoms with Gasteiger partial charge in [0.05, 0.1) is 0 Å². The molecule has 1 aliphatic rings. The third-order valence-electron chi connectivity index (χ3n) is 2.82. The normalized spacial score (nSPS) is 18.9. The second-order valence-electron chi connectivity index (χ2n) is 3.97. The molecule has 1 aromatic rings. The smallest absolute Gasteiger partial charge is 0.320 e. The summed E-state index contributed by atoms with van der Waals surface area (Å²) in [6.07, 6.45) is 0.953. The molecule has 1 N–H and O–H groups in total. The van der Waals surface area contributed by atoms with Crippen molar-refractivity contribution in [3.63, 3.8) is 0 Å². The predicted molar refractivity (Wildman–Crippen MR) is 62.7 cm³/mol. The number of aliphatic carboxylic acids is 1. The summed E-state index contributed by atoms with van der Waals surface area (Å²) >= 11 is 1.28. The van der Waals surface area contributed by atoms with E-state index in [4.69, 9.17) is 4.74 Å². The van der Waals surface area contributed by atoms with Gasteiger partial charge in [0.25, 0.3) is 0 Å². The summed E-state index contributed by atoms with van der Waals surface area (Å²) in [6, 6.07) is 5.91. The van der Waals surface area contributed by atoms with E-state index in [1.807, 2.05) is 0 Å². The van der Waals surface area contributed by atoms with Crippen molar-refractivity contribution in [2.24, 2.45) is 0 Å². The summed E-state index contributed by atoms with van der Waals surface area (Å²) in [7, 11) is 0. The second kappa shape index (κ2) is 5.06. The molecule has 2 rings (SSSR count). The van der Waals surface area contributed by atoms with Crippen LogP contribution in [0.4, 0.5) is 4.39 Å². The Morgan fingerprint density at radius 1 is 1.29 bits per heavy atom. The largest absolute Gasteiger partial charge is 0.480 e. The average Bonchev–Trinajstić information content (AvgIpc) is 2.33. The Labute approximate surface area is 103 Å². The molecule has 17 heavy (non-hydrogen) atoms. The van der Waals surface area contributed by atoms with Crippen molar-refractivity contribution in [2.45, 2.75) is 22.5 Å². The summed E-state index contributed by atoms with van der Waals surface area (Å²) in [5, 5.41) is 9.35. The maximum Gasteiger partial charge on any atom is 0.320 e. The van der Waals surface area contributed by atoms with Crippen LogP contribution in [-0.4, -0.2) is 29.0 Å². The molecule has 0 atom stereocenters. The lowest BCUT2D eigenvalue weighted by molar-refractivity contribution is -0.142. The molecule has 0 amide bonds. The number of halogens is 1. The van der Waals surface area contributed by atoms with Gasteiger partial charge in [-0.25, -0.2) is 4.39 Å². The van der Waals surface area contributed by atoms with E-state index >= 15 is 0 Å². The van der Waals surface area contributed by atoms with Gasteiger partial charge in [-0.2, -0.15) is 0 Å². The molecule has 0 saturated carbocycles. The molecule has 1 heterocycles. The van der Waals surface area contributed by atoms with Gasteiger partial charge in [0.1, 0.15) is 10.6 Å². The highest BCUT2D eigenvalue weighted by molar-refractivity contribution is 8.01. The number of hydrogen-bond donors (Lipinski definition) is 1. The van der Waals surface area contributed by atoms with Gasteiger partial charge in [-0.1, -0.05) is 0 Å². The monoisotopic (exact) mass is 256 g/mol. The topological polar surface area (TPSA) is 46.5 Å². The van der Waals surface area contributed by atoms with Crippen LogP contribution in [0.5, 0.6) is 0 Å². The quantitative estimate of drug-likeness (QED) is 0.902. The van der Waals surface area contributed by atoms with E-state index in [1.54, 1.807) is 12.1 Å². The van der Waals surface area contributed by atoms with Gasteiger partial charge in [-0.05, 0) is 37.1 Å². The molecule has 1 fully saturated rings. The molecule has 0 spiro atoms. The Hall–Kier alpha value is -1.07. The maximum atomic E-state index is 12.8. The molecule has 1 aliphatic heterocycles. The van der Waals surface area contributed by atoms with E-state index in [9.17, 15) is 14.3 Å². The van der Waals surface area contributed by atoms with Crippen molar-refractivity contribution in [2.75, 3.05) is 13.2 Å². The number of rotatable bonds is 3.